The van der Waals surface area contributed by atoms with E-state index in [0.717, 1.165) is 31.2 Å². The van der Waals surface area contributed by atoms with Crippen LogP contribution in [0.5, 0.6) is 0 Å². The third-order valence-electron chi connectivity index (χ3n) is 8.36. The van der Waals surface area contributed by atoms with Crippen molar-refractivity contribution in [2.24, 2.45) is 11.7 Å². The van der Waals surface area contributed by atoms with Gasteiger partial charge in [-0.15, -0.1) is 0 Å². The zero-order valence-electron chi connectivity index (χ0n) is 19.6. The summed E-state index contributed by atoms with van der Waals surface area (Å²) in [6, 6.07) is 7.52. The van der Waals surface area contributed by atoms with Gasteiger partial charge in [0.25, 0.3) is 0 Å². The predicted octanol–water partition coefficient (Wildman–Crippen LogP) is 2.57. The van der Waals surface area contributed by atoms with Crippen molar-refractivity contribution in [2.75, 3.05) is 19.6 Å². The lowest BCUT2D eigenvalue weighted by atomic mass is 9.80. The van der Waals surface area contributed by atoms with Gasteiger partial charge in [-0.1, -0.05) is 31.4 Å². The molecule has 2 N–H and O–H groups in total. The molecule has 0 radical (unpaired) electrons. The van der Waals surface area contributed by atoms with Crippen LogP contribution in [-0.4, -0.2) is 70.3 Å². The maximum Gasteiger partial charge on any atom is 0.241 e. The molecule has 34 heavy (non-hydrogen) atoms. The molecule has 182 valence electrons. The van der Waals surface area contributed by atoms with E-state index in [-0.39, 0.29) is 35.8 Å². The summed E-state index contributed by atoms with van der Waals surface area (Å²) in [5.74, 6) is 0.0363. The molecule has 1 aromatic carbocycles. The number of carbonyl (C=O) groups is 2. The van der Waals surface area contributed by atoms with E-state index >= 15 is 0 Å². The number of carbonyl (C=O) groups excluding carboxylic acids is 2. The van der Waals surface area contributed by atoms with Crippen molar-refractivity contribution in [3.8, 4) is 6.07 Å². The number of rotatable bonds is 6. The molecule has 1 aromatic rings. The Balaban J connectivity index is 1.30. The second-order valence-corrected chi connectivity index (χ2v) is 10.4. The van der Waals surface area contributed by atoms with Crippen molar-refractivity contribution >= 4 is 11.8 Å². The number of hydrogen-bond donors (Lipinski definition) is 1. The van der Waals surface area contributed by atoms with Crippen molar-refractivity contribution in [3.05, 3.63) is 35.6 Å². The van der Waals surface area contributed by atoms with Crippen LogP contribution in [0.4, 0.5) is 4.39 Å². The molecule has 4 fully saturated rings. The van der Waals surface area contributed by atoms with Gasteiger partial charge >= 0.3 is 0 Å². The summed E-state index contributed by atoms with van der Waals surface area (Å²) < 4.78 is 13.6. The first-order valence-electron chi connectivity index (χ1n) is 12.8. The first-order chi connectivity index (χ1) is 16.5. The van der Waals surface area contributed by atoms with Crippen LogP contribution in [0.25, 0.3) is 0 Å². The molecule has 2 bridgehead atoms. The quantitative estimate of drug-likeness (QED) is 0.694. The maximum atomic E-state index is 13.6. The lowest BCUT2D eigenvalue weighted by Gasteiger charge is -2.43. The highest BCUT2D eigenvalue weighted by atomic mass is 19.1. The van der Waals surface area contributed by atoms with Crippen LogP contribution < -0.4 is 5.73 Å². The van der Waals surface area contributed by atoms with E-state index in [1.807, 2.05) is 12.1 Å². The molecular formula is C26H34FN5O2. The molecule has 1 unspecified atom stereocenters. The Morgan fingerprint density at radius 3 is 2.56 bits per heavy atom. The highest BCUT2D eigenvalue weighted by Crippen LogP contribution is 2.45. The summed E-state index contributed by atoms with van der Waals surface area (Å²) in [4.78, 5) is 32.3. The number of piperazine rings is 1. The van der Waals surface area contributed by atoms with Crippen molar-refractivity contribution in [3.63, 3.8) is 0 Å². The smallest absolute Gasteiger partial charge is 0.241 e. The third kappa shape index (κ3) is 4.20. The summed E-state index contributed by atoms with van der Waals surface area (Å²) >= 11 is 0. The minimum atomic E-state index is -0.735. The minimum absolute atomic E-state index is 0.0261. The van der Waals surface area contributed by atoms with E-state index in [9.17, 15) is 19.2 Å². The summed E-state index contributed by atoms with van der Waals surface area (Å²) in [5.41, 5.74) is 7.30. The Bertz CT molecular complexity index is 957. The van der Waals surface area contributed by atoms with E-state index in [1.165, 1.54) is 31.4 Å². The Kier molecular flexibility index (Phi) is 6.59. The highest BCUT2D eigenvalue weighted by Gasteiger charge is 2.53. The molecular weight excluding hydrogens is 433 g/mol. The van der Waals surface area contributed by atoms with Gasteiger partial charge in [0.1, 0.15) is 11.9 Å². The fourth-order valence-corrected chi connectivity index (χ4v) is 6.73. The zero-order valence-corrected chi connectivity index (χ0v) is 19.6. The third-order valence-corrected chi connectivity index (χ3v) is 8.36. The average Bonchev–Trinajstić information content (AvgIpc) is 3.56. The van der Waals surface area contributed by atoms with Crippen LogP contribution in [0, 0.1) is 23.1 Å². The predicted molar refractivity (Wildman–Crippen MR) is 125 cm³/mol. The molecule has 0 aromatic heterocycles. The molecule has 2 amide bonds. The first kappa shape index (κ1) is 23.3. The van der Waals surface area contributed by atoms with Gasteiger partial charge in [-0.3, -0.25) is 14.5 Å². The number of amides is 2. The van der Waals surface area contributed by atoms with Crippen LogP contribution in [0.2, 0.25) is 0 Å². The minimum Gasteiger partial charge on any atom is -0.330 e. The second-order valence-electron chi connectivity index (χ2n) is 10.4. The number of nitriles is 1. The number of hydrogen-bond acceptors (Lipinski definition) is 5. The topological polar surface area (TPSA) is 93.7 Å². The Morgan fingerprint density at radius 2 is 1.88 bits per heavy atom. The standard InChI is InChI=1S/C26H34FN5O2/c27-19-10-8-18(9-11-19)24(17-5-2-1-3-6-17)32-21-13-23(26(32)34)30(15-21)16-22(29)25(33)31-12-4-7-20(31)14-28/h8-11,17,20-24H,1-7,12-13,15-16,29H2/t20-,21?,22-,23+,24-/m0/s1. The van der Waals surface area contributed by atoms with Crippen LogP contribution in [0.15, 0.2) is 24.3 Å². The molecule has 7 nitrogen and oxygen atoms in total. The van der Waals surface area contributed by atoms with Gasteiger partial charge in [-0.25, -0.2) is 4.39 Å². The van der Waals surface area contributed by atoms with Gasteiger partial charge in [0.05, 0.1) is 24.2 Å². The number of benzene rings is 1. The van der Waals surface area contributed by atoms with E-state index in [0.29, 0.717) is 32.0 Å². The molecule has 8 heteroatoms. The fourth-order valence-electron chi connectivity index (χ4n) is 6.73. The highest BCUT2D eigenvalue weighted by molar-refractivity contribution is 5.87. The molecule has 1 saturated carbocycles. The largest absolute Gasteiger partial charge is 0.330 e. The Labute approximate surface area is 200 Å². The van der Waals surface area contributed by atoms with Crippen LogP contribution in [0.3, 0.4) is 0 Å². The molecule has 4 aliphatic rings. The average molecular weight is 468 g/mol. The first-order valence-corrected chi connectivity index (χ1v) is 12.8. The van der Waals surface area contributed by atoms with Crippen molar-refractivity contribution in [2.45, 2.75) is 81.6 Å². The molecule has 1 aliphatic carbocycles. The number of halogens is 1. The number of nitrogens with zero attached hydrogens (tertiary/aromatic N) is 4. The van der Waals surface area contributed by atoms with Gasteiger partial charge < -0.3 is 15.5 Å². The number of fused-ring (bicyclic) bond motifs is 2. The summed E-state index contributed by atoms with van der Waals surface area (Å²) in [5, 5.41) is 9.30. The van der Waals surface area contributed by atoms with E-state index in [1.54, 1.807) is 4.90 Å². The molecule has 3 saturated heterocycles. The number of nitrogens with two attached hydrogens (primary N) is 1. The summed E-state index contributed by atoms with van der Waals surface area (Å²) in [6.45, 7) is 1.60. The molecule has 3 heterocycles. The summed E-state index contributed by atoms with van der Waals surface area (Å²) in [7, 11) is 0. The summed E-state index contributed by atoms with van der Waals surface area (Å²) in [6.07, 6.45) is 8.01. The van der Waals surface area contributed by atoms with Gasteiger partial charge in [0.15, 0.2) is 0 Å². The van der Waals surface area contributed by atoms with Crippen molar-refractivity contribution in [1.29, 1.82) is 5.26 Å². The van der Waals surface area contributed by atoms with Gasteiger partial charge in [-0.2, -0.15) is 5.26 Å². The fraction of sp³-hybridized carbons (Fsp3) is 0.654. The lowest BCUT2D eigenvalue weighted by molar-refractivity contribution is -0.142. The van der Waals surface area contributed by atoms with E-state index < -0.39 is 12.1 Å². The van der Waals surface area contributed by atoms with Crippen LogP contribution in [0.1, 0.15) is 63.0 Å². The Morgan fingerprint density at radius 1 is 1.15 bits per heavy atom. The van der Waals surface area contributed by atoms with Crippen LogP contribution in [-0.2, 0) is 9.59 Å². The maximum absolute atomic E-state index is 13.6. The Hall–Kier alpha value is -2.50. The van der Waals surface area contributed by atoms with Crippen molar-refractivity contribution < 1.29 is 14.0 Å². The van der Waals surface area contributed by atoms with Crippen LogP contribution >= 0.6 is 0 Å². The molecule has 3 aliphatic heterocycles. The molecule has 5 atom stereocenters. The lowest BCUT2D eigenvalue weighted by Crippen LogP contribution is -2.57. The van der Waals surface area contributed by atoms with Gasteiger partial charge in [0, 0.05) is 25.7 Å². The second kappa shape index (κ2) is 9.63. The van der Waals surface area contributed by atoms with E-state index in [4.69, 9.17) is 5.73 Å². The molecule has 5 rings (SSSR count). The normalized spacial score (nSPS) is 29.4. The zero-order chi connectivity index (χ0) is 23.8. The monoisotopic (exact) mass is 467 g/mol. The van der Waals surface area contributed by atoms with Crippen molar-refractivity contribution in [1.82, 2.24) is 14.7 Å². The molecule has 0 spiro atoms. The SMILES string of the molecule is N#C[C@@H]1CCCN1C(=O)[C@@H](N)CN1CC2C[C@@H]1C(=O)N2[C@H](c1ccc(F)cc1)C1CCCCC1. The van der Waals surface area contributed by atoms with E-state index in [2.05, 4.69) is 15.9 Å². The van der Waals surface area contributed by atoms with Gasteiger partial charge in [-0.05, 0) is 55.7 Å². The number of likely N-dealkylation sites (tertiary alicyclic amines) is 3. The van der Waals surface area contributed by atoms with Gasteiger partial charge in [0.2, 0.25) is 11.8 Å².